The van der Waals surface area contributed by atoms with Crippen LogP contribution in [-0.4, -0.2) is 17.9 Å². The summed E-state index contributed by atoms with van der Waals surface area (Å²) in [5, 5.41) is 0. The van der Waals surface area contributed by atoms with Crippen molar-refractivity contribution in [1.29, 1.82) is 0 Å². The fourth-order valence-electron chi connectivity index (χ4n) is 1.39. The molecule has 0 aliphatic carbocycles. The van der Waals surface area contributed by atoms with Gasteiger partial charge in [-0.05, 0) is 25.6 Å². The van der Waals surface area contributed by atoms with E-state index in [1.807, 2.05) is 19.1 Å². The van der Waals surface area contributed by atoms with Gasteiger partial charge in [-0.25, -0.2) is 0 Å². The lowest BCUT2D eigenvalue weighted by molar-refractivity contribution is 0.0743. The average molecular weight is 189 g/mol. The molecule has 0 spiro atoms. The van der Waals surface area contributed by atoms with Gasteiger partial charge in [-0.15, -0.1) is 0 Å². The van der Waals surface area contributed by atoms with Crippen LogP contribution in [0.1, 0.15) is 15.9 Å². The number of carbonyl (C=O) groups excluding carboxylic acids is 1. The summed E-state index contributed by atoms with van der Waals surface area (Å²) in [7, 11) is 1.65. The molecule has 0 aromatic heterocycles. The van der Waals surface area contributed by atoms with Crippen LogP contribution in [0.15, 0.2) is 30.7 Å². The number of hydrogen-bond donors (Lipinski definition) is 0. The molecule has 0 saturated carbocycles. The second-order valence-corrected chi connectivity index (χ2v) is 3.36. The molecule has 0 N–H and O–H groups in total. The van der Waals surface area contributed by atoms with Gasteiger partial charge in [0.15, 0.2) is 5.88 Å². The van der Waals surface area contributed by atoms with Gasteiger partial charge in [-0.2, -0.15) is 0 Å². The molecule has 1 heterocycles. The van der Waals surface area contributed by atoms with Crippen LogP contribution in [0.25, 0.3) is 0 Å². The van der Waals surface area contributed by atoms with Crippen molar-refractivity contribution in [3.63, 3.8) is 0 Å². The van der Waals surface area contributed by atoms with Crippen molar-refractivity contribution in [3.05, 3.63) is 41.8 Å². The Labute approximate surface area is 82.6 Å². The SMILES string of the molecule is C=C1Oc2ccc(C)cc2C(=O)N1C. The second kappa shape index (κ2) is 2.87. The van der Waals surface area contributed by atoms with E-state index in [1.165, 1.54) is 4.90 Å². The third kappa shape index (κ3) is 1.18. The number of fused-ring (bicyclic) bond motifs is 1. The molecule has 1 aliphatic heterocycles. The minimum Gasteiger partial charge on any atom is -0.441 e. The Morgan fingerprint density at radius 2 is 2.14 bits per heavy atom. The maximum atomic E-state index is 11.8. The highest BCUT2D eigenvalue weighted by Gasteiger charge is 2.25. The van der Waals surface area contributed by atoms with E-state index in [9.17, 15) is 4.79 Å². The van der Waals surface area contributed by atoms with Gasteiger partial charge in [0.2, 0.25) is 0 Å². The molecule has 0 radical (unpaired) electrons. The van der Waals surface area contributed by atoms with Crippen LogP contribution in [0, 0.1) is 6.92 Å². The van der Waals surface area contributed by atoms with Crippen molar-refractivity contribution in [2.45, 2.75) is 6.92 Å². The maximum absolute atomic E-state index is 11.8. The second-order valence-electron chi connectivity index (χ2n) is 3.36. The van der Waals surface area contributed by atoms with Gasteiger partial charge < -0.3 is 4.74 Å². The van der Waals surface area contributed by atoms with E-state index in [-0.39, 0.29) is 5.91 Å². The molecule has 0 saturated heterocycles. The van der Waals surface area contributed by atoms with Gasteiger partial charge in [0.25, 0.3) is 5.91 Å². The number of hydrogen-bond acceptors (Lipinski definition) is 2. The Morgan fingerprint density at radius 1 is 1.43 bits per heavy atom. The van der Waals surface area contributed by atoms with Crippen LogP contribution in [0.3, 0.4) is 0 Å². The van der Waals surface area contributed by atoms with Crippen LogP contribution in [0.2, 0.25) is 0 Å². The summed E-state index contributed by atoms with van der Waals surface area (Å²) < 4.78 is 5.38. The molecule has 2 rings (SSSR count). The number of amides is 1. The number of ether oxygens (including phenoxy) is 1. The average Bonchev–Trinajstić information content (AvgIpc) is 2.16. The number of aryl methyl sites for hydroxylation is 1. The molecule has 1 amide bonds. The first kappa shape index (κ1) is 8.81. The third-order valence-corrected chi connectivity index (χ3v) is 2.27. The molecule has 3 heteroatoms. The van der Waals surface area contributed by atoms with Crippen molar-refractivity contribution in [1.82, 2.24) is 4.90 Å². The summed E-state index contributed by atoms with van der Waals surface area (Å²) in [4.78, 5) is 13.2. The number of benzene rings is 1. The fourth-order valence-corrected chi connectivity index (χ4v) is 1.39. The van der Waals surface area contributed by atoms with Crippen LogP contribution < -0.4 is 4.74 Å². The Kier molecular flexibility index (Phi) is 1.81. The van der Waals surface area contributed by atoms with Crippen LogP contribution in [0.5, 0.6) is 5.75 Å². The van der Waals surface area contributed by atoms with Crippen molar-refractivity contribution in [2.24, 2.45) is 0 Å². The highest BCUT2D eigenvalue weighted by molar-refractivity contribution is 5.99. The predicted molar refractivity (Wildman–Crippen MR) is 53.0 cm³/mol. The molecule has 1 aliphatic rings. The Morgan fingerprint density at radius 3 is 2.86 bits per heavy atom. The van der Waals surface area contributed by atoms with Gasteiger partial charge in [-0.1, -0.05) is 11.6 Å². The smallest absolute Gasteiger partial charge is 0.264 e. The summed E-state index contributed by atoms with van der Waals surface area (Å²) in [5.41, 5.74) is 1.64. The molecule has 14 heavy (non-hydrogen) atoms. The first-order chi connectivity index (χ1) is 6.59. The molecule has 72 valence electrons. The lowest BCUT2D eigenvalue weighted by Crippen LogP contribution is -2.32. The fraction of sp³-hybridized carbons (Fsp3) is 0.182. The van der Waals surface area contributed by atoms with Crippen molar-refractivity contribution in [2.75, 3.05) is 7.05 Å². The molecule has 0 atom stereocenters. The zero-order chi connectivity index (χ0) is 10.3. The molecule has 0 fully saturated rings. The Balaban J connectivity index is 2.57. The van der Waals surface area contributed by atoms with Crippen molar-refractivity contribution >= 4 is 5.91 Å². The molecular formula is C11H11NO2. The molecule has 1 aromatic rings. The molecular weight excluding hydrogens is 178 g/mol. The number of carbonyl (C=O) groups is 1. The lowest BCUT2D eigenvalue weighted by Gasteiger charge is -2.26. The van der Waals surface area contributed by atoms with E-state index >= 15 is 0 Å². The van der Waals surface area contributed by atoms with Crippen LogP contribution in [-0.2, 0) is 0 Å². The van der Waals surface area contributed by atoms with Crippen LogP contribution >= 0.6 is 0 Å². The maximum Gasteiger partial charge on any atom is 0.264 e. The third-order valence-electron chi connectivity index (χ3n) is 2.27. The monoisotopic (exact) mass is 189 g/mol. The minimum atomic E-state index is -0.0695. The highest BCUT2D eigenvalue weighted by atomic mass is 16.5. The number of nitrogens with zero attached hydrogens (tertiary/aromatic N) is 1. The normalized spacial score (nSPS) is 15.1. The summed E-state index contributed by atoms with van der Waals surface area (Å²) in [6, 6.07) is 5.52. The Bertz CT molecular complexity index is 423. The lowest BCUT2D eigenvalue weighted by atomic mass is 10.1. The van der Waals surface area contributed by atoms with Crippen molar-refractivity contribution < 1.29 is 9.53 Å². The number of rotatable bonds is 0. The zero-order valence-electron chi connectivity index (χ0n) is 8.20. The van der Waals surface area contributed by atoms with Gasteiger partial charge in [0.1, 0.15) is 5.75 Å². The summed E-state index contributed by atoms with van der Waals surface area (Å²) >= 11 is 0. The van der Waals surface area contributed by atoms with Gasteiger partial charge in [-0.3, -0.25) is 9.69 Å². The van der Waals surface area contributed by atoms with E-state index in [0.717, 1.165) is 5.56 Å². The first-order valence-corrected chi connectivity index (χ1v) is 4.35. The van der Waals surface area contributed by atoms with E-state index in [2.05, 4.69) is 6.58 Å². The van der Waals surface area contributed by atoms with E-state index < -0.39 is 0 Å². The molecule has 0 unspecified atom stereocenters. The predicted octanol–water partition coefficient (Wildman–Crippen LogP) is 1.93. The first-order valence-electron chi connectivity index (χ1n) is 4.35. The van der Waals surface area contributed by atoms with Gasteiger partial charge >= 0.3 is 0 Å². The summed E-state index contributed by atoms with van der Waals surface area (Å²) in [6.07, 6.45) is 0. The van der Waals surface area contributed by atoms with E-state index in [1.54, 1.807) is 13.1 Å². The standard InChI is InChI=1S/C11H11NO2/c1-7-4-5-10-9(6-7)11(13)12(3)8(2)14-10/h4-6H,2H2,1,3H3. The molecule has 3 nitrogen and oxygen atoms in total. The highest BCUT2D eigenvalue weighted by Crippen LogP contribution is 2.28. The quantitative estimate of drug-likeness (QED) is 0.624. The van der Waals surface area contributed by atoms with E-state index in [0.29, 0.717) is 17.2 Å². The van der Waals surface area contributed by atoms with Crippen LogP contribution in [0.4, 0.5) is 0 Å². The topological polar surface area (TPSA) is 29.5 Å². The summed E-state index contributed by atoms with van der Waals surface area (Å²) in [6.45, 7) is 5.59. The zero-order valence-corrected chi connectivity index (χ0v) is 8.20. The Hall–Kier alpha value is -1.77. The van der Waals surface area contributed by atoms with Gasteiger partial charge in [0.05, 0.1) is 5.56 Å². The summed E-state index contributed by atoms with van der Waals surface area (Å²) in [5.74, 6) is 0.884. The molecule has 1 aromatic carbocycles. The van der Waals surface area contributed by atoms with E-state index in [4.69, 9.17) is 4.74 Å². The van der Waals surface area contributed by atoms with Gasteiger partial charge in [0, 0.05) is 7.05 Å². The largest absolute Gasteiger partial charge is 0.441 e. The minimum absolute atomic E-state index is 0.0695. The molecule has 0 bridgehead atoms. The van der Waals surface area contributed by atoms with Crippen molar-refractivity contribution in [3.8, 4) is 5.75 Å².